The highest BCUT2D eigenvalue weighted by Crippen LogP contribution is 2.34. The summed E-state index contributed by atoms with van der Waals surface area (Å²) in [4.78, 5) is 20.5. The standard InChI is InChI=1S/C33H34N6O/c1-33(2,3)22-39-29-15-14-27(35-31(29)36(4)32(39)40)26-19-23(12-13-25(26)20-34)21-38-18-17-37-16-8-11-28(37)30(38)24-9-6-5-7-10-24/h5-16,19,30H,17-18,21-22H2,1-4H3. The van der Waals surface area contributed by atoms with Crippen LogP contribution in [-0.2, 0) is 26.7 Å². The Hall–Kier alpha value is -4.41. The summed E-state index contributed by atoms with van der Waals surface area (Å²) in [6.45, 7) is 9.56. The molecular weight excluding hydrogens is 496 g/mol. The number of aromatic nitrogens is 4. The molecule has 0 bridgehead atoms. The molecule has 1 aliphatic heterocycles. The number of fused-ring (bicyclic) bond motifs is 2. The summed E-state index contributed by atoms with van der Waals surface area (Å²) in [5, 5.41) is 9.96. The van der Waals surface area contributed by atoms with Gasteiger partial charge < -0.3 is 4.57 Å². The van der Waals surface area contributed by atoms with Crippen molar-refractivity contribution < 1.29 is 0 Å². The lowest BCUT2D eigenvalue weighted by atomic mass is 9.97. The molecule has 0 radical (unpaired) electrons. The Labute approximate surface area is 234 Å². The molecule has 0 aliphatic carbocycles. The quantitative estimate of drug-likeness (QED) is 0.291. The van der Waals surface area contributed by atoms with E-state index < -0.39 is 0 Å². The summed E-state index contributed by atoms with van der Waals surface area (Å²) in [7, 11) is 1.76. The van der Waals surface area contributed by atoms with Crippen LogP contribution < -0.4 is 5.69 Å². The molecule has 1 unspecified atom stereocenters. The summed E-state index contributed by atoms with van der Waals surface area (Å²) in [5.41, 5.74) is 7.04. The van der Waals surface area contributed by atoms with Crippen LogP contribution in [0.1, 0.15) is 49.2 Å². The van der Waals surface area contributed by atoms with Gasteiger partial charge in [0, 0.05) is 50.7 Å². The largest absolute Gasteiger partial charge is 0.348 e. The van der Waals surface area contributed by atoms with Gasteiger partial charge in [-0.2, -0.15) is 5.26 Å². The predicted molar refractivity (Wildman–Crippen MR) is 158 cm³/mol. The lowest BCUT2D eigenvalue weighted by Gasteiger charge is -2.37. The van der Waals surface area contributed by atoms with Gasteiger partial charge in [-0.3, -0.25) is 14.0 Å². The maximum absolute atomic E-state index is 13.1. The molecule has 1 aliphatic rings. The molecule has 40 heavy (non-hydrogen) atoms. The first kappa shape index (κ1) is 25.8. The van der Waals surface area contributed by atoms with Gasteiger partial charge in [0.2, 0.25) is 0 Å². The number of nitriles is 1. The summed E-state index contributed by atoms with van der Waals surface area (Å²) in [6.07, 6.45) is 2.16. The highest BCUT2D eigenvalue weighted by molar-refractivity contribution is 5.78. The molecule has 3 aromatic heterocycles. The number of imidazole rings is 1. The van der Waals surface area contributed by atoms with Crippen molar-refractivity contribution >= 4 is 11.2 Å². The molecule has 0 N–H and O–H groups in total. The minimum atomic E-state index is -0.0781. The Morgan fingerprint density at radius 3 is 2.55 bits per heavy atom. The zero-order valence-electron chi connectivity index (χ0n) is 23.5. The summed E-state index contributed by atoms with van der Waals surface area (Å²) in [5.74, 6) is 0. The fourth-order valence-electron chi connectivity index (χ4n) is 5.90. The molecule has 6 rings (SSSR count). The van der Waals surface area contributed by atoms with E-state index in [0.29, 0.717) is 23.4 Å². The Morgan fingerprint density at radius 2 is 1.80 bits per heavy atom. The van der Waals surface area contributed by atoms with Crippen LogP contribution in [0.25, 0.3) is 22.4 Å². The van der Waals surface area contributed by atoms with E-state index >= 15 is 0 Å². The second kappa shape index (κ2) is 9.96. The van der Waals surface area contributed by atoms with Crippen molar-refractivity contribution in [1.29, 1.82) is 5.26 Å². The number of hydrogen-bond acceptors (Lipinski definition) is 4. The smallest absolute Gasteiger partial charge is 0.330 e. The first-order valence-electron chi connectivity index (χ1n) is 13.8. The van der Waals surface area contributed by atoms with Crippen molar-refractivity contribution in [3.63, 3.8) is 0 Å². The van der Waals surface area contributed by atoms with E-state index in [4.69, 9.17) is 4.98 Å². The van der Waals surface area contributed by atoms with Gasteiger partial charge in [0.05, 0.1) is 28.9 Å². The van der Waals surface area contributed by atoms with E-state index in [-0.39, 0.29) is 17.1 Å². The van der Waals surface area contributed by atoms with Gasteiger partial charge >= 0.3 is 5.69 Å². The zero-order chi connectivity index (χ0) is 28.0. The van der Waals surface area contributed by atoms with Gasteiger partial charge in [0.15, 0.2) is 5.65 Å². The number of nitrogens with zero attached hydrogens (tertiary/aromatic N) is 6. The predicted octanol–water partition coefficient (Wildman–Crippen LogP) is 5.73. The number of benzene rings is 2. The number of pyridine rings is 1. The van der Waals surface area contributed by atoms with Crippen molar-refractivity contribution in [1.82, 2.24) is 23.6 Å². The molecular formula is C33H34N6O. The first-order chi connectivity index (χ1) is 19.2. The first-order valence-corrected chi connectivity index (χ1v) is 13.8. The zero-order valence-corrected chi connectivity index (χ0v) is 23.5. The van der Waals surface area contributed by atoms with Crippen molar-refractivity contribution in [3.8, 4) is 17.3 Å². The molecule has 0 fully saturated rings. The lowest BCUT2D eigenvalue weighted by Crippen LogP contribution is -2.37. The minimum Gasteiger partial charge on any atom is -0.348 e. The van der Waals surface area contributed by atoms with Crippen LogP contribution in [0, 0.1) is 16.7 Å². The number of aryl methyl sites for hydroxylation is 1. The van der Waals surface area contributed by atoms with Gasteiger partial charge in [-0.1, -0.05) is 57.2 Å². The average molecular weight is 531 g/mol. The van der Waals surface area contributed by atoms with E-state index in [2.05, 4.69) is 91.0 Å². The van der Waals surface area contributed by atoms with Crippen LogP contribution in [-0.4, -0.2) is 30.1 Å². The van der Waals surface area contributed by atoms with Crippen LogP contribution in [0.15, 0.2) is 83.8 Å². The van der Waals surface area contributed by atoms with Gasteiger partial charge in [-0.15, -0.1) is 0 Å². The third kappa shape index (κ3) is 4.65. The van der Waals surface area contributed by atoms with Gasteiger partial charge in [-0.25, -0.2) is 9.78 Å². The van der Waals surface area contributed by atoms with Crippen molar-refractivity contribution in [2.75, 3.05) is 6.54 Å². The molecule has 5 aromatic rings. The van der Waals surface area contributed by atoms with Gasteiger partial charge in [0.25, 0.3) is 0 Å². The third-order valence-electron chi connectivity index (χ3n) is 7.73. The van der Waals surface area contributed by atoms with E-state index in [1.165, 1.54) is 11.3 Å². The highest BCUT2D eigenvalue weighted by atomic mass is 16.1. The minimum absolute atomic E-state index is 0.0488. The van der Waals surface area contributed by atoms with E-state index in [1.807, 2.05) is 24.3 Å². The normalized spacial score (nSPS) is 15.7. The maximum atomic E-state index is 13.1. The summed E-state index contributed by atoms with van der Waals surface area (Å²) >= 11 is 0. The molecule has 1 atom stereocenters. The third-order valence-corrected chi connectivity index (χ3v) is 7.73. The fourth-order valence-corrected chi connectivity index (χ4v) is 5.90. The van der Waals surface area contributed by atoms with Gasteiger partial charge in [0.1, 0.15) is 0 Å². The Morgan fingerprint density at radius 1 is 1.00 bits per heavy atom. The van der Waals surface area contributed by atoms with Crippen LogP contribution >= 0.6 is 0 Å². The van der Waals surface area contributed by atoms with Crippen LogP contribution in [0.5, 0.6) is 0 Å². The number of rotatable bonds is 5. The molecule has 0 saturated carbocycles. The van der Waals surface area contributed by atoms with Crippen LogP contribution in [0.4, 0.5) is 0 Å². The molecule has 4 heterocycles. The summed E-state index contributed by atoms with van der Waals surface area (Å²) < 4.78 is 5.74. The fraction of sp³-hybridized carbons (Fsp3) is 0.303. The lowest BCUT2D eigenvalue weighted by molar-refractivity contribution is 0.174. The molecule has 7 nitrogen and oxygen atoms in total. The average Bonchev–Trinajstić information content (AvgIpc) is 3.51. The van der Waals surface area contributed by atoms with E-state index in [0.717, 1.165) is 36.3 Å². The maximum Gasteiger partial charge on any atom is 0.330 e. The molecule has 2 aromatic carbocycles. The topological polar surface area (TPSA) is 71.8 Å². The van der Waals surface area contributed by atoms with Crippen molar-refractivity contribution in [2.45, 2.75) is 46.4 Å². The molecule has 202 valence electrons. The molecule has 0 amide bonds. The Bertz CT molecular complexity index is 1800. The van der Waals surface area contributed by atoms with Gasteiger partial charge in [-0.05, 0) is 52.9 Å². The van der Waals surface area contributed by atoms with Crippen molar-refractivity contribution in [2.24, 2.45) is 12.5 Å². The molecule has 0 saturated heterocycles. The SMILES string of the molecule is Cn1c(=O)n(CC(C)(C)C)c2ccc(-c3cc(CN4CCn5cccc5C4c4ccccc4)ccc3C#N)nc21. The second-order valence-electron chi connectivity index (χ2n) is 11.9. The summed E-state index contributed by atoms with van der Waals surface area (Å²) in [6, 6.07) is 27.4. The number of hydrogen-bond donors (Lipinski definition) is 0. The molecule has 7 heteroatoms. The molecule has 0 spiro atoms. The van der Waals surface area contributed by atoms with E-state index in [1.54, 1.807) is 16.2 Å². The van der Waals surface area contributed by atoms with Crippen LogP contribution in [0.3, 0.4) is 0 Å². The highest BCUT2D eigenvalue weighted by Gasteiger charge is 2.29. The Balaban J connectivity index is 1.38. The Kier molecular flexibility index (Phi) is 6.44. The monoisotopic (exact) mass is 530 g/mol. The second-order valence-corrected chi connectivity index (χ2v) is 11.9. The van der Waals surface area contributed by atoms with Crippen LogP contribution in [0.2, 0.25) is 0 Å². The van der Waals surface area contributed by atoms with E-state index in [9.17, 15) is 10.1 Å². The van der Waals surface area contributed by atoms with Crippen molar-refractivity contribution in [3.05, 3.63) is 112 Å².